The van der Waals surface area contributed by atoms with Crippen molar-refractivity contribution in [3.8, 4) is 5.75 Å². The van der Waals surface area contributed by atoms with E-state index >= 15 is 0 Å². The number of hydrogen-bond acceptors (Lipinski definition) is 5. The minimum absolute atomic E-state index is 0.194. The summed E-state index contributed by atoms with van der Waals surface area (Å²) in [6, 6.07) is 7.24. The largest absolute Gasteiger partial charge is 0.490 e. The van der Waals surface area contributed by atoms with Gasteiger partial charge in [0.1, 0.15) is 18.1 Å². The van der Waals surface area contributed by atoms with Gasteiger partial charge in [-0.1, -0.05) is 12.1 Å². The van der Waals surface area contributed by atoms with Crippen LogP contribution in [0.25, 0.3) is 0 Å². The lowest BCUT2D eigenvalue weighted by atomic mass is 10.3. The second-order valence-corrected chi connectivity index (χ2v) is 4.23. The number of aromatic nitrogens is 1. The Bertz CT molecular complexity index is 514. The molecule has 2 rings (SSSR count). The second kappa shape index (κ2) is 6.02. The van der Waals surface area contributed by atoms with E-state index in [0.717, 1.165) is 0 Å². The van der Waals surface area contributed by atoms with Crippen LogP contribution >= 0.6 is 11.3 Å². The van der Waals surface area contributed by atoms with Crippen LogP contribution in [0.4, 0.5) is 5.69 Å². The summed E-state index contributed by atoms with van der Waals surface area (Å²) in [7, 11) is 0. The van der Waals surface area contributed by atoms with E-state index in [-0.39, 0.29) is 5.91 Å². The molecule has 0 bridgehead atoms. The molecule has 0 spiro atoms. The topological polar surface area (TPSA) is 77.2 Å². The van der Waals surface area contributed by atoms with E-state index in [0.29, 0.717) is 30.3 Å². The molecule has 5 nitrogen and oxygen atoms in total. The molecule has 0 saturated carbocycles. The highest BCUT2D eigenvalue weighted by Crippen LogP contribution is 2.19. The van der Waals surface area contributed by atoms with Crippen LogP contribution in [0.5, 0.6) is 5.75 Å². The van der Waals surface area contributed by atoms with Crippen molar-refractivity contribution in [2.45, 2.75) is 0 Å². The van der Waals surface area contributed by atoms with Gasteiger partial charge in [-0.15, -0.1) is 11.3 Å². The van der Waals surface area contributed by atoms with Crippen LogP contribution in [0.1, 0.15) is 10.5 Å². The molecule has 3 N–H and O–H groups in total. The van der Waals surface area contributed by atoms with E-state index in [2.05, 4.69) is 10.3 Å². The third-order valence-corrected chi connectivity index (χ3v) is 2.82. The number of anilines is 1. The first-order valence-electron chi connectivity index (χ1n) is 5.41. The summed E-state index contributed by atoms with van der Waals surface area (Å²) in [6.45, 7) is 0.773. The molecule has 0 radical (unpaired) electrons. The number of thiazole rings is 1. The van der Waals surface area contributed by atoms with Crippen molar-refractivity contribution in [2.24, 2.45) is 0 Å². The van der Waals surface area contributed by atoms with Crippen LogP contribution < -0.4 is 15.8 Å². The monoisotopic (exact) mass is 263 g/mol. The van der Waals surface area contributed by atoms with Crippen molar-refractivity contribution in [3.63, 3.8) is 0 Å². The number of nitrogens with zero attached hydrogens (tertiary/aromatic N) is 1. The predicted molar refractivity (Wildman–Crippen MR) is 70.8 cm³/mol. The standard InChI is InChI=1S/C12H13N3O2S/c13-9-3-1-2-4-11(9)17-6-5-14-12(16)10-7-18-8-15-10/h1-4,7-8H,5-6,13H2,(H,14,16). The number of para-hydroxylation sites is 2. The van der Waals surface area contributed by atoms with E-state index in [1.54, 1.807) is 23.0 Å². The normalized spacial score (nSPS) is 10.0. The summed E-state index contributed by atoms with van der Waals surface area (Å²) >= 11 is 1.39. The number of ether oxygens (including phenoxy) is 1. The van der Waals surface area contributed by atoms with Crippen molar-refractivity contribution in [3.05, 3.63) is 40.8 Å². The molecule has 1 aromatic heterocycles. The first kappa shape index (κ1) is 12.4. The number of benzene rings is 1. The molecule has 0 aliphatic rings. The van der Waals surface area contributed by atoms with Gasteiger partial charge < -0.3 is 15.8 Å². The smallest absolute Gasteiger partial charge is 0.270 e. The zero-order valence-corrected chi connectivity index (χ0v) is 10.4. The third kappa shape index (κ3) is 3.21. The summed E-state index contributed by atoms with van der Waals surface area (Å²) in [5, 5.41) is 4.41. The average molecular weight is 263 g/mol. The molecule has 18 heavy (non-hydrogen) atoms. The van der Waals surface area contributed by atoms with Gasteiger partial charge in [0.25, 0.3) is 5.91 Å². The molecule has 0 aliphatic carbocycles. The lowest BCUT2D eigenvalue weighted by molar-refractivity contribution is 0.0943. The molecule has 0 fully saturated rings. The molecular formula is C12H13N3O2S. The maximum atomic E-state index is 11.5. The number of nitrogens with one attached hydrogen (secondary N) is 1. The van der Waals surface area contributed by atoms with Crippen LogP contribution in [0.2, 0.25) is 0 Å². The van der Waals surface area contributed by atoms with Crippen LogP contribution in [-0.4, -0.2) is 24.0 Å². The number of carbonyl (C=O) groups is 1. The highest BCUT2D eigenvalue weighted by atomic mass is 32.1. The lowest BCUT2D eigenvalue weighted by Gasteiger charge is -2.08. The van der Waals surface area contributed by atoms with E-state index < -0.39 is 0 Å². The zero-order valence-electron chi connectivity index (χ0n) is 9.63. The first-order chi connectivity index (χ1) is 8.77. The number of nitrogen functional groups attached to an aromatic ring is 1. The van der Waals surface area contributed by atoms with Crippen LogP contribution in [0.15, 0.2) is 35.2 Å². The molecule has 1 heterocycles. The maximum absolute atomic E-state index is 11.5. The summed E-state index contributed by atoms with van der Waals surface area (Å²) in [6.07, 6.45) is 0. The quantitative estimate of drug-likeness (QED) is 0.633. The Hall–Kier alpha value is -2.08. The van der Waals surface area contributed by atoms with Crippen molar-refractivity contribution < 1.29 is 9.53 Å². The van der Waals surface area contributed by atoms with Gasteiger partial charge in [-0.05, 0) is 12.1 Å². The Morgan fingerprint density at radius 3 is 3.00 bits per heavy atom. The van der Waals surface area contributed by atoms with Gasteiger partial charge in [0.05, 0.1) is 17.7 Å². The number of rotatable bonds is 5. The first-order valence-corrected chi connectivity index (χ1v) is 6.35. The van der Waals surface area contributed by atoms with Crippen molar-refractivity contribution in [1.82, 2.24) is 10.3 Å². The fraction of sp³-hybridized carbons (Fsp3) is 0.167. The second-order valence-electron chi connectivity index (χ2n) is 3.52. The minimum atomic E-state index is -0.194. The third-order valence-electron chi connectivity index (χ3n) is 2.23. The van der Waals surface area contributed by atoms with Gasteiger partial charge in [-0.25, -0.2) is 4.98 Å². The Morgan fingerprint density at radius 2 is 2.28 bits per heavy atom. The lowest BCUT2D eigenvalue weighted by Crippen LogP contribution is -2.28. The summed E-state index contributed by atoms with van der Waals surface area (Å²) in [5.41, 5.74) is 8.36. The predicted octanol–water partition coefficient (Wildman–Crippen LogP) is 1.53. The Balaban J connectivity index is 1.74. The van der Waals surface area contributed by atoms with E-state index in [4.69, 9.17) is 10.5 Å². The Kier molecular flexibility index (Phi) is 4.14. The summed E-state index contributed by atoms with van der Waals surface area (Å²) < 4.78 is 5.45. The molecule has 0 aliphatic heterocycles. The van der Waals surface area contributed by atoms with Gasteiger partial charge in [-0.2, -0.15) is 0 Å². The maximum Gasteiger partial charge on any atom is 0.270 e. The van der Waals surface area contributed by atoms with Crippen LogP contribution in [0.3, 0.4) is 0 Å². The van der Waals surface area contributed by atoms with Gasteiger partial charge in [0.2, 0.25) is 0 Å². The Morgan fingerprint density at radius 1 is 1.44 bits per heavy atom. The Labute approximate surface area is 109 Å². The fourth-order valence-electron chi connectivity index (χ4n) is 1.35. The SMILES string of the molecule is Nc1ccccc1OCCNC(=O)c1cscn1. The van der Waals surface area contributed by atoms with E-state index in [1.807, 2.05) is 12.1 Å². The number of carbonyl (C=O) groups excluding carboxylic acids is 1. The van der Waals surface area contributed by atoms with Gasteiger partial charge in [0.15, 0.2) is 0 Å². The molecular weight excluding hydrogens is 250 g/mol. The molecule has 1 amide bonds. The molecule has 1 aromatic carbocycles. The average Bonchev–Trinajstić information content (AvgIpc) is 2.90. The molecule has 0 atom stereocenters. The van der Waals surface area contributed by atoms with Crippen molar-refractivity contribution in [2.75, 3.05) is 18.9 Å². The zero-order chi connectivity index (χ0) is 12.8. The number of nitrogens with two attached hydrogens (primary N) is 1. The van der Waals surface area contributed by atoms with Gasteiger partial charge in [0, 0.05) is 5.38 Å². The molecule has 0 saturated heterocycles. The van der Waals surface area contributed by atoms with Crippen LogP contribution in [0, 0.1) is 0 Å². The van der Waals surface area contributed by atoms with E-state index in [1.165, 1.54) is 11.3 Å². The molecule has 2 aromatic rings. The number of amides is 1. The molecule has 0 unspecified atom stereocenters. The summed E-state index contributed by atoms with van der Waals surface area (Å²) in [4.78, 5) is 15.4. The van der Waals surface area contributed by atoms with Gasteiger partial charge >= 0.3 is 0 Å². The van der Waals surface area contributed by atoms with E-state index in [9.17, 15) is 4.79 Å². The highest BCUT2D eigenvalue weighted by Gasteiger charge is 2.06. The van der Waals surface area contributed by atoms with Crippen molar-refractivity contribution >= 4 is 22.9 Å². The highest BCUT2D eigenvalue weighted by molar-refractivity contribution is 7.07. The summed E-state index contributed by atoms with van der Waals surface area (Å²) in [5.74, 6) is 0.432. The molecule has 94 valence electrons. The van der Waals surface area contributed by atoms with Crippen LogP contribution in [-0.2, 0) is 0 Å². The fourth-order valence-corrected chi connectivity index (χ4v) is 1.88. The molecule has 6 heteroatoms. The van der Waals surface area contributed by atoms with Gasteiger partial charge in [-0.3, -0.25) is 4.79 Å². The van der Waals surface area contributed by atoms with Crippen molar-refractivity contribution in [1.29, 1.82) is 0 Å². The minimum Gasteiger partial charge on any atom is -0.490 e. The number of hydrogen-bond donors (Lipinski definition) is 2.